The highest BCUT2D eigenvalue weighted by atomic mass is 16.5. The predicted octanol–water partition coefficient (Wildman–Crippen LogP) is 1.41. The van der Waals surface area contributed by atoms with Crippen molar-refractivity contribution in [3.63, 3.8) is 0 Å². The number of hydrogen-bond acceptors (Lipinski definition) is 6. The van der Waals surface area contributed by atoms with Crippen LogP contribution >= 0.6 is 0 Å². The molecule has 1 aliphatic rings. The van der Waals surface area contributed by atoms with E-state index in [1.807, 2.05) is 39.9 Å². The molecule has 2 rings (SSSR count). The van der Waals surface area contributed by atoms with Crippen molar-refractivity contribution in [2.75, 3.05) is 52.7 Å². The molecule has 1 aliphatic heterocycles. The van der Waals surface area contributed by atoms with Gasteiger partial charge in [-0.2, -0.15) is 0 Å². The smallest absolute Gasteiger partial charge is 0.258 e. The van der Waals surface area contributed by atoms with Crippen molar-refractivity contribution in [2.45, 2.75) is 38.8 Å². The highest BCUT2D eigenvalue weighted by Crippen LogP contribution is 2.30. The van der Waals surface area contributed by atoms with Gasteiger partial charge in [0.2, 0.25) is 5.91 Å². The fourth-order valence-electron chi connectivity index (χ4n) is 3.52. The maximum absolute atomic E-state index is 13.3. The van der Waals surface area contributed by atoms with Gasteiger partial charge in [-0.05, 0) is 59.2 Å². The van der Waals surface area contributed by atoms with Crippen LogP contribution in [0.2, 0.25) is 0 Å². The van der Waals surface area contributed by atoms with E-state index in [4.69, 9.17) is 4.74 Å². The Labute approximate surface area is 179 Å². The third-order valence-electron chi connectivity index (χ3n) is 5.36. The Morgan fingerprint density at radius 2 is 2.13 bits per heavy atom. The van der Waals surface area contributed by atoms with Crippen molar-refractivity contribution in [1.29, 1.82) is 0 Å². The van der Waals surface area contributed by atoms with Crippen molar-refractivity contribution in [3.8, 4) is 5.75 Å². The molecule has 0 fully saturated rings. The van der Waals surface area contributed by atoms with Crippen molar-refractivity contribution in [2.24, 2.45) is 5.92 Å². The molecule has 0 aromatic heterocycles. The molecular formula is C22H36N4O4. The fourth-order valence-corrected chi connectivity index (χ4v) is 3.52. The molecular weight excluding hydrogens is 384 g/mol. The molecule has 0 saturated heterocycles. The lowest BCUT2D eigenvalue weighted by Gasteiger charge is -2.37. The number of nitrogens with zero attached hydrogens (tertiary/aromatic N) is 2. The van der Waals surface area contributed by atoms with Crippen LogP contribution in [0, 0.1) is 5.92 Å². The lowest BCUT2D eigenvalue weighted by atomic mass is 9.99. The van der Waals surface area contributed by atoms with E-state index in [0.29, 0.717) is 36.5 Å². The summed E-state index contributed by atoms with van der Waals surface area (Å²) >= 11 is 0. The minimum Gasteiger partial charge on any atom is -0.488 e. The summed E-state index contributed by atoms with van der Waals surface area (Å²) in [5.41, 5.74) is 0.963. The molecule has 0 spiro atoms. The molecule has 1 aromatic rings. The van der Waals surface area contributed by atoms with Gasteiger partial charge in [0.1, 0.15) is 11.9 Å². The van der Waals surface area contributed by atoms with Crippen LogP contribution in [0.1, 0.15) is 37.0 Å². The van der Waals surface area contributed by atoms with Gasteiger partial charge in [-0.3, -0.25) is 9.59 Å². The van der Waals surface area contributed by atoms with Crippen molar-refractivity contribution < 1.29 is 19.4 Å². The Morgan fingerprint density at radius 1 is 1.40 bits per heavy atom. The Morgan fingerprint density at radius 3 is 2.77 bits per heavy atom. The second-order valence-corrected chi connectivity index (χ2v) is 8.35. The molecule has 30 heavy (non-hydrogen) atoms. The summed E-state index contributed by atoms with van der Waals surface area (Å²) in [4.78, 5) is 29.3. The lowest BCUT2D eigenvalue weighted by molar-refractivity contribution is -0.116. The summed E-state index contributed by atoms with van der Waals surface area (Å²) in [5.74, 6) is 0.287. The van der Waals surface area contributed by atoms with Crippen molar-refractivity contribution >= 4 is 17.5 Å². The van der Waals surface area contributed by atoms with Crippen LogP contribution in [0.5, 0.6) is 5.75 Å². The van der Waals surface area contributed by atoms with Gasteiger partial charge in [0.15, 0.2) is 0 Å². The van der Waals surface area contributed by atoms with Gasteiger partial charge in [-0.15, -0.1) is 0 Å². The zero-order valence-electron chi connectivity index (χ0n) is 18.8. The summed E-state index contributed by atoms with van der Waals surface area (Å²) in [6.07, 6.45) is 1.05. The number of anilines is 1. The number of aliphatic hydroxyl groups excluding tert-OH is 1. The number of carbonyl (C=O) groups excluding carboxylic acids is 2. The number of aliphatic hydroxyl groups is 1. The number of hydrogen-bond donors (Lipinski definition) is 3. The maximum Gasteiger partial charge on any atom is 0.258 e. The molecule has 0 aliphatic carbocycles. The van der Waals surface area contributed by atoms with Crippen LogP contribution in [-0.4, -0.2) is 86.3 Å². The maximum atomic E-state index is 13.3. The summed E-state index contributed by atoms with van der Waals surface area (Å²) in [7, 11) is 5.81. The minimum atomic E-state index is -0.314. The van der Waals surface area contributed by atoms with Gasteiger partial charge in [0, 0.05) is 31.1 Å². The first kappa shape index (κ1) is 24.1. The molecule has 0 unspecified atom stereocenters. The van der Waals surface area contributed by atoms with Gasteiger partial charge in [0.05, 0.1) is 18.2 Å². The van der Waals surface area contributed by atoms with Crippen LogP contribution in [0.25, 0.3) is 0 Å². The number of amides is 2. The monoisotopic (exact) mass is 420 g/mol. The average molecular weight is 421 g/mol. The summed E-state index contributed by atoms with van der Waals surface area (Å²) in [6.45, 7) is 5.71. The number of nitrogens with one attached hydrogen (secondary N) is 2. The fraction of sp³-hybridized carbons (Fsp3) is 0.636. The van der Waals surface area contributed by atoms with Gasteiger partial charge >= 0.3 is 0 Å². The Bertz CT molecular complexity index is 725. The molecule has 2 amide bonds. The third kappa shape index (κ3) is 6.42. The van der Waals surface area contributed by atoms with Gasteiger partial charge in [-0.25, -0.2) is 0 Å². The van der Waals surface area contributed by atoms with Crippen LogP contribution in [0.15, 0.2) is 18.2 Å². The number of likely N-dealkylation sites (N-methyl/N-ethyl adjacent to an activating group) is 1. The number of ether oxygens (including phenoxy) is 1. The summed E-state index contributed by atoms with van der Waals surface area (Å²) < 4.78 is 6.18. The Kier molecular flexibility index (Phi) is 9.08. The zero-order valence-corrected chi connectivity index (χ0v) is 18.8. The molecule has 8 heteroatoms. The molecule has 1 aromatic carbocycles. The molecule has 3 N–H and O–H groups in total. The van der Waals surface area contributed by atoms with Gasteiger partial charge in [-0.1, -0.05) is 6.92 Å². The largest absolute Gasteiger partial charge is 0.488 e. The average Bonchev–Trinajstić information content (AvgIpc) is 2.70. The summed E-state index contributed by atoms with van der Waals surface area (Å²) in [6, 6.07) is 4.86. The SMILES string of the molecule is CNC[C@H]1Oc2ccc(NC(=O)CCCN(C)C)cc2C(=O)N([C@H](C)CO)C[C@H]1C. The number of carbonyl (C=O) groups is 2. The third-order valence-corrected chi connectivity index (χ3v) is 5.36. The first-order valence-corrected chi connectivity index (χ1v) is 10.6. The molecule has 0 bridgehead atoms. The number of benzene rings is 1. The molecule has 3 atom stereocenters. The predicted molar refractivity (Wildman–Crippen MR) is 118 cm³/mol. The zero-order chi connectivity index (χ0) is 22.3. The first-order valence-electron chi connectivity index (χ1n) is 10.6. The van der Waals surface area contributed by atoms with Crippen LogP contribution < -0.4 is 15.4 Å². The van der Waals surface area contributed by atoms with Crippen molar-refractivity contribution in [3.05, 3.63) is 23.8 Å². The van der Waals surface area contributed by atoms with E-state index in [2.05, 4.69) is 10.6 Å². The highest BCUT2D eigenvalue weighted by molar-refractivity contribution is 5.99. The second-order valence-electron chi connectivity index (χ2n) is 8.35. The van der Waals surface area contributed by atoms with E-state index in [1.54, 1.807) is 23.1 Å². The van der Waals surface area contributed by atoms with Gasteiger partial charge < -0.3 is 30.3 Å². The topological polar surface area (TPSA) is 94.1 Å². The molecule has 8 nitrogen and oxygen atoms in total. The molecule has 1 heterocycles. The van der Waals surface area contributed by atoms with Crippen LogP contribution in [0.4, 0.5) is 5.69 Å². The number of rotatable bonds is 9. The Hall–Kier alpha value is -2.16. The molecule has 168 valence electrons. The van der Waals surface area contributed by atoms with E-state index in [1.165, 1.54) is 0 Å². The first-order chi connectivity index (χ1) is 14.3. The normalized spacial score (nSPS) is 20.2. The van der Waals surface area contributed by atoms with Crippen LogP contribution in [-0.2, 0) is 4.79 Å². The number of fused-ring (bicyclic) bond motifs is 1. The Balaban J connectivity index is 2.27. The van der Waals surface area contributed by atoms with E-state index in [0.717, 1.165) is 13.0 Å². The molecule has 0 radical (unpaired) electrons. The van der Waals surface area contributed by atoms with E-state index < -0.39 is 0 Å². The standard InChI is InChI=1S/C22H36N4O4/c1-15-13-26(16(2)14-27)22(29)18-11-17(24-21(28)7-6-10-25(4)5)8-9-19(18)30-20(15)12-23-3/h8-9,11,15-16,20,23,27H,6-7,10,12-14H2,1-5H3,(H,24,28)/t15-,16-,20-/m1/s1. The van der Waals surface area contributed by atoms with Crippen molar-refractivity contribution in [1.82, 2.24) is 15.1 Å². The minimum absolute atomic E-state index is 0.0830. The second kappa shape index (κ2) is 11.3. The van der Waals surface area contributed by atoms with E-state index >= 15 is 0 Å². The lowest BCUT2D eigenvalue weighted by Crippen LogP contribution is -2.49. The summed E-state index contributed by atoms with van der Waals surface area (Å²) in [5, 5.41) is 15.7. The highest BCUT2D eigenvalue weighted by Gasteiger charge is 2.32. The van der Waals surface area contributed by atoms with E-state index in [9.17, 15) is 14.7 Å². The van der Waals surface area contributed by atoms with E-state index in [-0.39, 0.29) is 36.5 Å². The molecule has 0 saturated carbocycles. The quantitative estimate of drug-likeness (QED) is 0.559. The van der Waals surface area contributed by atoms with Crippen LogP contribution in [0.3, 0.4) is 0 Å². The van der Waals surface area contributed by atoms with Gasteiger partial charge in [0.25, 0.3) is 5.91 Å².